The minimum Gasteiger partial charge on any atom is -0.369 e. The minimum absolute atomic E-state index is 0.00415. The molecule has 3 aromatic rings. The number of hydrogen-bond donors (Lipinski definition) is 2. The Balaban J connectivity index is 1.18. The summed E-state index contributed by atoms with van der Waals surface area (Å²) in [6.45, 7) is 2.22. The van der Waals surface area contributed by atoms with E-state index >= 15 is 0 Å². The topological polar surface area (TPSA) is 89.0 Å². The molecule has 37 heavy (non-hydrogen) atoms. The van der Waals surface area contributed by atoms with Gasteiger partial charge in [0.25, 0.3) is 5.91 Å². The SMILES string of the molecule is CN1CC2CCC(C1)N2c1ccc2[nH]c(-c3ccc(C4=CNC5N=CC=CC45)c4c3C(=O)N=C4)nc2c1. The van der Waals surface area contributed by atoms with Crippen LogP contribution in [0.15, 0.2) is 58.7 Å². The van der Waals surface area contributed by atoms with Crippen molar-refractivity contribution in [3.05, 3.63) is 65.4 Å². The molecule has 4 unspecified atom stereocenters. The van der Waals surface area contributed by atoms with Gasteiger partial charge in [-0.3, -0.25) is 9.79 Å². The highest BCUT2D eigenvalue weighted by Gasteiger charge is 2.39. The first-order chi connectivity index (χ1) is 18.1. The van der Waals surface area contributed by atoms with Gasteiger partial charge in [-0.25, -0.2) is 9.98 Å². The Labute approximate surface area is 214 Å². The predicted molar refractivity (Wildman–Crippen MR) is 146 cm³/mol. The number of dihydropyridines is 1. The summed E-state index contributed by atoms with van der Waals surface area (Å²) in [4.78, 5) is 35.2. The van der Waals surface area contributed by atoms with Crippen molar-refractivity contribution in [1.29, 1.82) is 0 Å². The molecule has 2 saturated heterocycles. The number of amides is 1. The number of carbonyl (C=O) groups is 1. The Hall–Kier alpha value is -4.04. The van der Waals surface area contributed by atoms with Crippen molar-refractivity contribution >= 4 is 40.6 Å². The Kier molecular flexibility index (Phi) is 4.40. The molecule has 2 N–H and O–H groups in total. The highest BCUT2D eigenvalue weighted by molar-refractivity contribution is 6.18. The molecule has 2 aromatic carbocycles. The molecule has 6 heterocycles. The highest BCUT2D eigenvalue weighted by atomic mass is 16.1. The first kappa shape index (κ1) is 21.1. The maximum absolute atomic E-state index is 13.0. The first-order valence-electron chi connectivity index (χ1n) is 13.0. The van der Waals surface area contributed by atoms with Crippen LogP contribution in [0.5, 0.6) is 0 Å². The monoisotopic (exact) mass is 489 g/mol. The number of aliphatic imine (C=N–C) groups is 2. The van der Waals surface area contributed by atoms with Gasteiger partial charge in [0.1, 0.15) is 12.0 Å². The standard InChI is InChI=1S/C29H27N7O/c1-35-14-17-4-5-18(15-35)36(17)16-6-9-24-25(11-16)34-28(33-24)21-8-7-19(23-13-32-29(37)26(21)23)22-12-31-27-20(22)3-2-10-30-27/h2-3,6-13,17-18,20,27,31H,4-5,14-15H2,1H3,(H,33,34). The normalized spacial score (nSPS) is 27.6. The number of H-pyrrole nitrogens is 1. The van der Waals surface area contributed by atoms with Gasteiger partial charge in [0.05, 0.1) is 16.6 Å². The van der Waals surface area contributed by atoms with Crippen molar-refractivity contribution in [2.75, 3.05) is 25.0 Å². The quantitative estimate of drug-likeness (QED) is 0.587. The molecule has 1 amide bonds. The number of fused-ring (bicyclic) bond motifs is 5. The van der Waals surface area contributed by atoms with E-state index in [0.717, 1.165) is 46.4 Å². The first-order valence-corrected chi connectivity index (χ1v) is 13.0. The third-order valence-corrected chi connectivity index (χ3v) is 8.53. The summed E-state index contributed by atoms with van der Waals surface area (Å²) < 4.78 is 0. The summed E-state index contributed by atoms with van der Waals surface area (Å²) in [6.07, 6.45) is 12.2. The number of hydrogen-bond acceptors (Lipinski definition) is 6. The largest absolute Gasteiger partial charge is 0.369 e. The zero-order valence-corrected chi connectivity index (χ0v) is 20.6. The predicted octanol–water partition coefficient (Wildman–Crippen LogP) is 3.61. The molecule has 0 aliphatic carbocycles. The van der Waals surface area contributed by atoms with E-state index in [2.05, 4.69) is 67.5 Å². The van der Waals surface area contributed by atoms with Crippen molar-refractivity contribution < 1.29 is 4.79 Å². The average molecular weight is 490 g/mol. The second-order valence-corrected chi connectivity index (χ2v) is 10.7. The number of nitrogens with zero attached hydrogens (tertiary/aromatic N) is 5. The zero-order chi connectivity index (χ0) is 24.7. The van der Waals surface area contributed by atoms with Gasteiger partial charge in [0.2, 0.25) is 0 Å². The van der Waals surface area contributed by atoms with Gasteiger partial charge in [0, 0.05) is 66.5 Å². The van der Waals surface area contributed by atoms with Crippen molar-refractivity contribution in [2.24, 2.45) is 15.9 Å². The molecule has 8 heteroatoms. The molecular weight excluding hydrogens is 462 g/mol. The molecule has 184 valence electrons. The van der Waals surface area contributed by atoms with Crippen molar-refractivity contribution in [3.8, 4) is 11.4 Å². The molecule has 5 aliphatic heterocycles. The van der Waals surface area contributed by atoms with Crippen LogP contribution in [-0.4, -0.2) is 71.6 Å². The number of aromatic nitrogens is 2. The molecule has 2 bridgehead atoms. The van der Waals surface area contributed by atoms with Gasteiger partial charge in [-0.15, -0.1) is 0 Å². The lowest BCUT2D eigenvalue weighted by atomic mass is 9.86. The van der Waals surface area contributed by atoms with Crippen molar-refractivity contribution in [3.63, 3.8) is 0 Å². The van der Waals surface area contributed by atoms with E-state index in [1.165, 1.54) is 18.5 Å². The molecule has 0 saturated carbocycles. The summed E-state index contributed by atoms with van der Waals surface area (Å²) >= 11 is 0. The summed E-state index contributed by atoms with van der Waals surface area (Å²) in [6, 6.07) is 11.7. The molecule has 1 aromatic heterocycles. The fourth-order valence-electron chi connectivity index (χ4n) is 6.90. The number of likely N-dealkylation sites (tertiary alicyclic amines) is 1. The lowest BCUT2D eigenvalue weighted by molar-refractivity contribution is 0.101. The Morgan fingerprint density at radius 3 is 2.76 bits per heavy atom. The number of nitrogens with one attached hydrogen (secondary N) is 2. The molecule has 8 rings (SSSR count). The van der Waals surface area contributed by atoms with E-state index in [0.29, 0.717) is 23.5 Å². The summed E-state index contributed by atoms with van der Waals surface area (Å²) in [5.74, 6) is 0.620. The number of likely N-dealkylation sites (N-methyl/N-ethyl adjacent to an activating group) is 1. The summed E-state index contributed by atoms with van der Waals surface area (Å²) in [5, 5.41) is 3.35. The van der Waals surface area contributed by atoms with Gasteiger partial charge in [-0.05, 0) is 61.4 Å². The second kappa shape index (κ2) is 7.73. The summed E-state index contributed by atoms with van der Waals surface area (Å²) in [7, 11) is 2.22. The van der Waals surface area contributed by atoms with Crippen LogP contribution in [0.25, 0.3) is 28.0 Å². The Bertz CT molecular complexity index is 1580. The molecular formula is C29H27N7O. The minimum atomic E-state index is -0.220. The van der Waals surface area contributed by atoms with E-state index in [-0.39, 0.29) is 18.0 Å². The van der Waals surface area contributed by atoms with E-state index in [4.69, 9.17) is 4.98 Å². The maximum Gasteiger partial charge on any atom is 0.278 e. The zero-order valence-electron chi connectivity index (χ0n) is 20.6. The molecule has 0 spiro atoms. The van der Waals surface area contributed by atoms with Crippen LogP contribution in [0.4, 0.5) is 5.69 Å². The highest BCUT2D eigenvalue weighted by Crippen LogP contribution is 2.40. The van der Waals surface area contributed by atoms with E-state index in [9.17, 15) is 4.79 Å². The molecule has 8 nitrogen and oxygen atoms in total. The fourth-order valence-corrected chi connectivity index (χ4v) is 6.90. The number of allylic oxidation sites excluding steroid dienone is 1. The molecule has 4 atom stereocenters. The fraction of sp³-hybridized carbons (Fsp3) is 0.310. The number of anilines is 1. The van der Waals surface area contributed by atoms with Gasteiger partial charge >= 0.3 is 0 Å². The Morgan fingerprint density at radius 1 is 1.05 bits per heavy atom. The number of piperazine rings is 1. The van der Waals surface area contributed by atoms with Crippen molar-refractivity contribution in [1.82, 2.24) is 20.2 Å². The van der Waals surface area contributed by atoms with Crippen LogP contribution in [0, 0.1) is 5.92 Å². The molecule has 5 aliphatic rings. The van der Waals surface area contributed by atoms with Crippen LogP contribution < -0.4 is 10.2 Å². The van der Waals surface area contributed by atoms with E-state index < -0.39 is 0 Å². The number of imidazole rings is 1. The number of rotatable bonds is 3. The van der Waals surface area contributed by atoms with Gasteiger partial charge in [0.15, 0.2) is 0 Å². The van der Waals surface area contributed by atoms with Gasteiger partial charge in [-0.2, -0.15) is 0 Å². The van der Waals surface area contributed by atoms with Crippen LogP contribution in [0.3, 0.4) is 0 Å². The molecule has 0 radical (unpaired) electrons. The van der Waals surface area contributed by atoms with Crippen LogP contribution >= 0.6 is 0 Å². The van der Waals surface area contributed by atoms with E-state index in [1.54, 1.807) is 6.21 Å². The lowest BCUT2D eigenvalue weighted by Gasteiger charge is -2.41. The van der Waals surface area contributed by atoms with Crippen LogP contribution in [-0.2, 0) is 0 Å². The maximum atomic E-state index is 13.0. The van der Waals surface area contributed by atoms with Crippen molar-refractivity contribution in [2.45, 2.75) is 31.1 Å². The lowest BCUT2D eigenvalue weighted by Crippen LogP contribution is -2.52. The smallest absolute Gasteiger partial charge is 0.278 e. The number of aromatic amines is 1. The third kappa shape index (κ3) is 3.12. The number of carbonyl (C=O) groups excluding carboxylic acids is 1. The van der Waals surface area contributed by atoms with Crippen LogP contribution in [0.1, 0.15) is 34.3 Å². The Morgan fingerprint density at radius 2 is 1.89 bits per heavy atom. The average Bonchev–Trinajstić information content (AvgIpc) is 3.67. The van der Waals surface area contributed by atoms with Gasteiger partial charge < -0.3 is 20.1 Å². The summed E-state index contributed by atoms with van der Waals surface area (Å²) in [5.41, 5.74) is 7.53. The number of benzene rings is 2. The second-order valence-electron chi connectivity index (χ2n) is 10.7. The van der Waals surface area contributed by atoms with Gasteiger partial charge in [-0.1, -0.05) is 12.1 Å². The third-order valence-electron chi connectivity index (χ3n) is 8.53. The molecule has 2 fully saturated rings. The van der Waals surface area contributed by atoms with Crippen LogP contribution in [0.2, 0.25) is 0 Å². The van der Waals surface area contributed by atoms with E-state index in [1.807, 2.05) is 24.6 Å².